The lowest BCUT2D eigenvalue weighted by atomic mass is 10.1. The summed E-state index contributed by atoms with van der Waals surface area (Å²) in [7, 11) is 1.81. The molecule has 1 N–H and O–H groups in total. The molecule has 2 rings (SSSR count). The second kappa shape index (κ2) is 4.64. The van der Waals surface area contributed by atoms with Crippen molar-refractivity contribution < 1.29 is 4.79 Å². The van der Waals surface area contributed by atoms with E-state index in [1.807, 2.05) is 52.2 Å². The largest absolute Gasteiger partial charge is 0.320 e. The summed E-state index contributed by atoms with van der Waals surface area (Å²) in [5.74, 6) is -0.165. The standard InChI is InChI=1S/C14H17N3O/c1-9-6-5-7-12(11(9)3)15-14(18)13-10(2)8-17(4)16-13/h5-8H,1-4H3,(H,15,18). The van der Waals surface area contributed by atoms with Crippen molar-refractivity contribution in [1.29, 1.82) is 0 Å². The summed E-state index contributed by atoms with van der Waals surface area (Å²) < 4.78 is 1.65. The molecule has 0 aliphatic carbocycles. The molecule has 0 saturated heterocycles. The Morgan fingerprint density at radius 1 is 1.22 bits per heavy atom. The van der Waals surface area contributed by atoms with Crippen LogP contribution in [-0.4, -0.2) is 15.7 Å². The third-order valence-corrected chi connectivity index (χ3v) is 3.08. The summed E-state index contributed by atoms with van der Waals surface area (Å²) in [6.45, 7) is 5.90. The molecule has 0 unspecified atom stereocenters. The first-order chi connectivity index (χ1) is 8.49. The quantitative estimate of drug-likeness (QED) is 0.881. The molecule has 1 amide bonds. The van der Waals surface area contributed by atoms with Gasteiger partial charge in [0.25, 0.3) is 5.91 Å². The Bertz CT molecular complexity index is 599. The molecule has 0 radical (unpaired) electrons. The van der Waals surface area contributed by atoms with Gasteiger partial charge in [0.2, 0.25) is 0 Å². The van der Waals surface area contributed by atoms with E-state index in [0.717, 1.165) is 22.4 Å². The maximum atomic E-state index is 12.1. The molecule has 4 heteroatoms. The molecule has 0 bridgehead atoms. The van der Waals surface area contributed by atoms with Crippen molar-refractivity contribution in [2.45, 2.75) is 20.8 Å². The Morgan fingerprint density at radius 3 is 2.56 bits per heavy atom. The highest BCUT2D eigenvalue weighted by Crippen LogP contribution is 2.19. The van der Waals surface area contributed by atoms with E-state index < -0.39 is 0 Å². The first kappa shape index (κ1) is 12.4. The molecule has 1 heterocycles. The number of hydrogen-bond donors (Lipinski definition) is 1. The van der Waals surface area contributed by atoms with Gasteiger partial charge in [0, 0.05) is 24.5 Å². The van der Waals surface area contributed by atoms with E-state index >= 15 is 0 Å². The number of carbonyl (C=O) groups is 1. The van der Waals surface area contributed by atoms with E-state index in [-0.39, 0.29) is 5.91 Å². The smallest absolute Gasteiger partial charge is 0.276 e. The third-order valence-electron chi connectivity index (χ3n) is 3.08. The van der Waals surface area contributed by atoms with E-state index in [9.17, 15) is 4.79 Å². The van der Waals surface area contributed by atoms with Gasteiger partial charge >= 0.3 is 0 Å². The highest BCUT2D eigenvalue weighted by molar-refractivity contribution is 6.04. The molecular weight excluding hydrogens is 226 g/mol. The lowest BCUT2D eigenvalue weighted by Gasteiger charge is -2.09. The normalized spacial score (nSPS) is 10.4. The predicted octanol–water partition coefficient (Wildman–Crippen LogP) is 2.60. The van der Waals surface area contributed by atoms with Crippen LogP contribution in [0.1, 0.15) is 27.2 Å². The number of nitrogens with one attached hydrogen (secondary N) is 1. The Labute approximate surface area is 107 Å². The number of anilines is 1. The van der Waals surface area contributed by atoms with Crippen LogP contribution in [0.2, 0.25) is 0 Å². The minimum absolute atomic E-state index is 0.165. The monoisotopic (exact) mass is 243 g/mol. The number of rotatable bonds is 2. The number of carbonyl (C=O) groups excluding carboxylic acids is 1. The minimum atomic E-state index is -0.165. The molecule has 0 fully saturated rings. The Balaban J connectivity index is 2.27. The molecule has 0 aliphatic rings. The number of amides is 1. The summed E-state index contributed by atoms with van der Waals surface area (Å²) in [4.78, 5) is 12.1. The fourth-order valence-corrected chi connectivity index (χ4v) is 1.90. The van der Waals surface area contributed by atoms with Crippen molar-refractivity contribution in [3.63, 3.8) is 0 Å². The highest BCUT2D eigenvalue weighted by Gasteiger charge is 2.14. The Morgan fingerprint density at radius 2 is 1.94 bits per heavy atom. The van der Waals surface area contributed by atoms with Crippen LogP contribution >= 0.6 is 0 Å². The lowest BCUT2D eigenvalue weighted by Crippen LogP contribution is -2.15. The van der Waals surface area contributed by atoms with Crippen molar-refractivity contribution in [1.82, 2.24) is 9.78 Å². The zero-order valence-electron chi connectivity index (χ0n) is 11.1. The molecule has 0 atom stereocenters. The van der Waals surface area contributed by atoms with Crippen molar-refractivity contribution in [2.75, 3.05) is 5.32 Å². The first-order valence-corrected chi connectivity index (χ1v) is 5.87. The molecule has 0 saturated carbocycles. The lowest BCUT2D eigenvalue weighted by molar-refractivity contribution is 0.102. The van der Waals surface area contributed by atoms with Gasteiger partial charge in [0.15, 0.2) is 5.69 Å². The average molecular weight is 243 g/mol. The number of aromatic nitrogens is 2. The summed E-state index contributed by atoms with van der Waals surface area (Å²) in [6, 6.07) is 5.86. The van der Waals surface area contributed by atoms with Crippen LogP contribution in [0, 0.1) is 20.8 Å². The van der Waals surface area contributed by atoms with E-state index in [1.165, 1.54) is 0 Å². The van der Waals surface area contributed by atoms with E-state index in [4.69, 9.17) is 0 Å². The molecular formula is C14H17N3O. The van der Waals surface area contributed by atoms with Gasteiger partial charge in [-0.05, 0) is 38.0 Å². The Kier molecular flexibility index (Phi) is 3.19. The van der Waals surface area contributed by atoms with Crippen molar-refractivity contribution in [3.05, 3.63) is 46.8 Å². The maximum absolute atomic E-state index is 12.1. The minimum Gasteiger partial charge on any atom is -0.320 e. The fourth-order valence-electron chi connectivity index (χ4n) is 1.90. The zero-order chi connectivity index (χ0) is 13.3. The van der Waals surface area contributed by atoms with Gasteiger partial charge in [-0.25, -0.2) is 0 Å². The highest BCUT2D eigenvalue weighted by atomic mass is 16.2. The van der Waals surface area contributed by atoms with E-state index in [0.29, 0.717) is 5.69 Å². The van der Waals surface area contributed by atoms with Gasteiger partial charge in [-0.1, -0.05) is 12.1 Å². The van der Waals surface area contributed by atoms with Gasteiger partial charge in [-0.3, -0.25) is 9.48 Å². The number of benzene rings is 1. The van der Waals surface area contributed by atoms with Crippen molar-refractivity contribution in [2.24, 2.45) is 7.05 Å². The van der Waals surface area contributed by atoms with Crippen LogP contribution < -0.4 is 5.32 Å². The molecule has 1 aromatic heterocycles. The summed E-state index contributed by atoms with van der Waals surface area (Å²) in [6.07, 6.45) is 1.83. The van der Waals surface area contributed by atoms with Crippen LogP contribution in [0.4, 0.5) is 5.69 Å². The van der Waals surface area contributed by atoms with Gasteiger partial charge in [-0.15, -0.1) is 0 Å². The number of hydrogen-bond acceptors (Lipinski definition) is 2. The van der Waals surface area contributed by atoms with Crippen LogP contribution in [0.15, 0.2) is 24.4 Å². The van der Waals surface area contributed by atoms with Gasteiger partial charge in [0.1, 0.15) is 0 Å². The van der Waals surface area contributed by atoms with Gasteiger partial charge in [-0.2, -0.15) is 5.10 Å². The summed E-state index contributed by atoms with van der Waals surface area (Å²) in [5.41, 5.74) is 4.42. The second-order valence-electron chi connectivity index (χ2n) is 4.54. The van der Waals surface area contributed by atoms with Crippen LogP contribution in [0.5, 0.6) is 0 Å². The first-order valence-electron chi connectivity index (χ1n) is 5.87. The molecule has 18 heavy (non-hydrogen) atoms. The molecule has 0 spiro atoms. The maximum Gasteiger partial charge on any atom is 0.276 e. The summed E-state index contributed by atoms with van der Waals surface area (Å²) in [5, 5.41) is 7.07. The van der Waals surface area contributed by atoms with Crippen molar-refractivity contribution >= 4 is 11.6 Å². The van der Waals surface area contributed by atoms with Gasteiger partial charge < -0.3 is 5.32 Å². The molecule has 1 aromatic carbocycles. The molecule has 4 nitrogen and oxygen atoms in total. The summed E-state index contributed by atoms with van der Waals surface area (Å²) >= 11 is 0. The number of aryl methyl sites for hydroxylation is 3. The van der Waals surface area contributed by atoms with Crippen LogP contribution in [-0.2, 0) is 7.05 Å². The SMILES string of the molecule is Cc1cn(C)nc1C(=O)Nc1cccc(C)c1C. The van der Waals surface area contributed by atoms with Crippen LogP contribution in [0.3, 0.4) is 0 Å². The van der Waals surface area contributed by atoms with E-state index in [1.54, 1.807) is 4.68 Å². The molecule has 0 aliphatic heterocycles. The predicted molar refractivity (Wildman–Crippen MR) is 71.8 cm³/mol. The van der Waals surface area contributed by atoms with Crippen molar-refractivity contribution in [3.8, 4) is 0 Å². The van der Waals surface area contributed by atoms with Gasteiger partial charge in [0.05, 0.1) is 0 Å². The Hall–Kier alpha value is -2.10. The zero-order valence-corrected chi connectivity index (χ0v) is 11.1. The molecule has 94 valence electrons. The number of nitrogens with zero attached hydrogens (tertiary/aromatic N) is 2. The topological polar surface area (TPSA) is 46.9 Å². The van der Waals surface area contributed by atoms with E-state index in [2.05, 4.69) is 10.4 Å². The van der Waals surface area contributed by atoms with Crippen LogP contribution in [0.25, 0.3) is 0 Å². The second-order valence-corrected chi connectivity index (χ2v) is 4.54. The average Bonchev–Trinajstić information content (AvgIpc) is 2.64. The molecule has 2 aromatic rings. The fraction of sp³-hybridized carbons (Fsp3) is 0.286. The third kappa shape index (κ3) is 2.27.